The fourth-order valence-corrected chi connectivity index (χ4v) is 4.18. The number of carbonyl (C=O) groups excluding carboxylic acids is 1. The van der Waals surface area contributed by atoms with E-state index >= 15 is 0 Å². The highest BCUT2D eigenvalue weighted by atomic mass is 32.2. The lowest BCUT2D eigenvalue weighted by Gasteiger charge is -2.07. The molecular formula is C16H17NO5S2. The van der Waals surface area contributed by atoms with Crippen molar-refractivity contribution >= 4 is 27.3 Å². The number of primary sulfonamides is 1. The highest BCUT2D eigenvalue weighted by Gasteiger charge is 2.19. The number of thiophene rings is 1. The normalized spacial score (nSPS) is 13.5. The molecule has 0 unspecified atom stereocenters. The number of aryl methyl sites for hydroxylation is 2. The van der Waals surface area contributed by atoms with Crippen LogP contribution in [0.4, 0.5) is 0 Å². The molecule has 1 aromatic carbocycles. The standard InChI is InChI=1S/C16H17NO5S2/c17-24(19,20)13-6-4-12(5-7-13)21-8-9-22-16(18)15-10-11-2-1-3-14(11)23-15/h4-7,10H,1-3,8-9H2,(H2,17,19,20). The van der Waals surface area contributed by atoms with Crippen molar-refractivity contribution in [2.45, 2.75) is 24.2 Å². The first kappa shape index (κ1) is 16.9. The molecule has 0 amide bonds. The predicted octanol–water partition coefficient (Wildman–Crippen LogP) is 2.12. The summed E-state index contributed by atoms with van der Waals surface area (Å²) in [6.07, 6.45) is 3.25. The molecule has 24 heavy (non-hydrogen) atoms. The van der Waals surface area contributed by atoms with Crippen LogP contribution in [0.3, 0.4) is 0 Å². The van der Waals surface area contributed by atoms with E-state index in [0.29, 0.717) is 10.6 Å². The molecule has 2 aromatic rings. The average molecular weight is 367 g/mol. The number of esters is 1. The van der Waals surface area contributed by atoms with Crippen molar-refractivity contribution in [1.29, 1.82) is 0 Å². The van der Waals surface area contributed by atoms with Gasteiger partial charge in [-0.2, -0.15) is 0 Å². The molecule has 0 spiro atoms. The van der Waals surface area contributed by atoms with E-state index < -0.39 is 10.0 Å². The van der Waals surface area contributed by atoms with Gasteiger partial charge in [-0.1, -0.05) is 0 Å². The molecule has 1 aliphatic rings. The second-order valence-corrected chi connectivity index (χ2v) is 8.11. The molecule has 1 aromatic heterocycles. The Kier molecular flexibility index (Phi) is 4.88. The zero-order chi connectivity index (χ0) is 17.2. The van der Waals surface area contributed by atoms with Gasteiger partial charge in [0.05, 0.1) is 4.90 Å². The van der Waals surface area contributed by atoms with Crippen molar-refractivity contribution in [2.24, 2.45) is 5.14 Å². The number of nitrogens with two attached hydrogens (primary N) is 1. The SMILES string of the molecule is NS(=O)(=O)c1ccc(OCCOC(=O)c2cc3c(s2)CCC3)cc1. The van der Waals surface area contributed by atoms with Gasteiger partial charge < -0.3 is 9.47 Å². The van der Waals surface area contributed by atoms with Gasteiger partial charge in [0.25, 0.3) is 0 Å². The van der Waals surface area contributed by atoms with Gasteiger partial charge in [-0.15, -0.1) is 11.3 Å². The van der Waals surface area contributed by atoms with Crippen LogP contribution in [0.25, 0.3) is 0 Å². The van der Waals surface area contributed by atoms with Crippen LogP contribution in [0.5, 0.6) is 5.75 Å². The molecule has 128 valence electrons. The van der Waals surface area contributed by atoms with Gasteiger partial charge >= 0.3 is 5.97 Å². The summed E-state index contributed by atoms with van der Waals surface area (Å²) in [5, 5.41) is 5.02. The van der Waals surface area contributed by atoms with E-state index in [0.717, 1.165) is 19.3 Å². The molecule has 0 atom stereocenters. The van der Waals surface area contributed by atoms with E-state index in [1.165, 1.54) is 46.0 Å². The highest BCUT2D eigenvalue weighted by molar-refractivity contribution is 7.89. The van der Waals surface area contributed by atoms with Gasteiger partial charge in [-0.25, -0.2) is 18.4 Å². The summed E-state index contributed by atoms with van der Waals surface area (Å²) in [4.78, 5) is 13.9. The fourth-order valence-electron chi connectivity index (χ4n) is 2.52. The third-order valence-electron chi connectivity index (χ3n) is 3.69. The Bertz CT molecular complexity index is 818. The molecule has 0 saturated carbocycles. The van der Waals surface area contributed by atoms with Crippen LogP contribution >= 0.6 is 11.3 Å². The van der Waals surface area contributed by atoms with Gasteiger partial charge in [-0.3, -0.25) is 0 Å². The molecule has 2 N–H and O–H groups in total. The number of carbonyl (C=O) groups is 1. The van der Waals surface area contributed by atoms with Crippen LogP contribution in [-0.4, -0.2) is 27.6 Å². The average Bonchev–Trinajstić information content (AvgIpc) is 3.12. The van der Waals surface area contributed by atoms with Crippen LogP contribution < -0.4 is 9.88 Å². The molecule has 6 nitrogen and oxygen atoms in total. The fraction of sp³-hybridized carbons (Fsp3) is 0.312. The summed E-state index contributed by atoms with van der Waals surface area (Å²) in [6, 6.07) is 7.66. The predicted molar refractivity (Wildman–Crippen MR) is 89.9 cm³/mol. The monoisotopic (exact) mass is 367 g/mol. The Morgan fingerprint density at radius 1 is 1.17 bits per heavy atom. The lowest BCUT2D eigenvalue weighted by Crippen LogP contribution is -2.13. The quantitative estimate of drug-likeness (QED) is 0.623. The third kappa shape index (κ3) is 3.95. The maximum absolute atomic E-state index is 12.0. The largest absolute Gasteiger partial charge is 0.490 e. The second kappa shape index (κ2) is 6.92. The Morgan fingerprint density at radius 2 is 1.92 bits per heavy atom. The second-order valence-electron chi connectivity index (χ2n) is 5.41. The zero-order valence-electron chi connectivity index (χ0n) is 12.9. The van der Waals surface area contributed by atoms with E-state index in [9.17, 15) is 13.2 Å². The highest BCUT2D eigenvalue weighted by Crippen LogP contribution is 2.30. The van der Waals surface area contributed by atoms with Crippen molar-refractivity contribution in [3.05, 3.63) is 45.6 Å². The number of hydrogen-bond acceptors (Lipinski definition) is 6. The van der Waals surface area contributed by atoms with E-state index in [4.69, 9.17) is 14.6 Å². The van der Waals surface area contributed by atoms with Crippen molar-refractivity contribution in [3.63, 3.8) is 0 Å². The van der Waals surface area contributed by atoms with Crippen molar-refractivity contribution in [1.82, 2.24) is 0 Å². The molecule has 8 heteroatoms. The molecular weight excluding hydrogens is 350 g/mol. The van der Waals surface area contributed by atoms with E-state index in [1.807, 2.05) is 6.07 Å². The summed E-state index contributed by atoms with van der Waals surface area (Å²) in [5.74, 6) is 0.149. The van der Waals surface area contributed by atoms with Crippen molar-refractivity contribution in [2.75, 3.05) is 13.2 Å². The molecule has 1 aliphatic carbocycles. The maximum Gasteiger partial charge on any atom is 0.348 e. The third-order valence-corrected chi connectivity index (χ3v) is 5.83. The van der Waals surface area contributed by atoms with Gasteiger partial charge in [0.2, 0.25) is 10.0 Å². The summed E-state index contributed by atoms with van der Waals surface area (Å²) >= 11 is 1.50. The minimum Gasteiger partial charge on any atom is -0.490 e. The smallest absolute Gasteiger partial charge is 0.348 e. The lowest BCUT2D eigenvalue weighted by molar-refractivity contribution is 0.0456. The van der Waals surface area contributed by atoms with E-state index in [1.54, 1.807) is 0 Å². The molecule has 0 bridgehead atoms. The molecule has 0 radical (unpaired) electrons. The Labute approximate surface area is 144 Å². The van der Waals surface area contributed by atoms with Crippen molar-refractivity contribution < 1.29 is 22.7 Å². The maximum atomic E-state index is 12.0. The number of sulfonamides is 1. The van der Waals surface area contributed by atoms with Crippen LogP contribution in [0.2, 0.25) is 0 Å². The van der Waals surface area contributed by atoms with E-state index in [-0.39, 0.29) is 24.1 Å². The summed E-state index contributed by atoms with van der Waals surface area (Å²) in [6.45, 7) is 0.309. The molecule has 1 heterocycles. The first-order valence-electron chi connectivity index (χ1n) is 7.48. The number of hydrogen-bond donors (Lipinski definition) is 1. The lowest BCUT2D eigenvalue weighted by atomic mass is 10.2. The first-order chi connectivity index (χ1) is 11.4. The molecule has 0 saturated heterocycles. The minimum absolute atomic E-state index is 0.0204. The van der Waals surface area contributed by atoms with Crippen LogP contribution in [0.1, 0.15) is 26.5 Å². The Morgan fingerprint density at radius 3 is 2.58 bits per heavy atom. The van der Waals surface area contributed by atoms with Crippen LogP contribution in [-0.2, 0) is 27.6 Å². The van der Waals surface area contributed by atoms with Crippen molar-refractivity contribution in [3.8, 4) is 5.75 Å². The Balaban J connectivity index is 1.45. The minimum atomic E-state index is -3.71. The van der Waals surface area contributed by atoms with Gasteiger partial charge in [0, 0.05) is 4.88 Å². The molecule has 0 fully saturated rings. The molecule has 3 rings (SSSR count). The number of benzene rings is 1. The summed E-state index contributed by atoms with van der Waals surface area (Å²) in [7, 11) is -3.71. The molecule has 0 aliphatic heterocycles. The van der Waals surface area contributed by atoms with Crippen LogP contribution in [0, 0.1) is 0 Å². The number of fused-ring (bicyclic) bond motifs is 1. The van der Waals surface area contributed by atoms with Crippen LogP contribution in [0.15, 0.2) is 35.2 Å². The number of ether oxygens (including phenoxy) is 2. The zero-order valence-corrected chi connectivity index (χ0v) is 14.5. The number of rotatable bonds is 6. The Hall–Kier alpha value is -1.90. The van der Waals surface area contributed by atoms with Gasteiger partial charge in [0.15, 0.2) is 0 Å². The summed E-state index contributed by atoms with van der Waals surface area (Å²) < 4.78 is 32.9. The topological polar surface area (TPSA) is 95.7 Å². The van der Waals surface area contributed by atoms with Gasteiger partial charge in [-0.05, 0) is 55.2 Å². The van der Waals surface area contributed by atoms with E-state index in [2.05, 4.69) is 0 Å². The first-order valence-corrected chi connectivity index (χ1v) is 9.84. The van der Waals surface area contributed by atoms with Gasteiger partial charge in [0.1, 0.15) is 23.8 Å². The summed E-state index contributed by atoms with van der Waals surface area (Å²) in [5.41, 5.74) is 1.26.